The molecular weight excluding hydrogens is 305 g/mol. The smallest absolute Gasteiger partial charge is 0.225 e. The number of aryl methyl sites for hydroxylation is 1. The van der Waals surface area contributed by atoms with E-state index in [1.165, 1.54) is 10.9 Å². The zero-order valence-electron chi connectivity index (χ0n) is 9.90. The number of aromatic nitrogens is 2. The standard InChI is InChI=1S/C12H11Cl2N3OS/c13-9-7-10(17-12(14)15-9)16-11(18)5-1-3-8-4-2-6-19-8/h2,4,6-7H,1,3,5H2,(H,15,16,17,18). The fraction of sp³-hybridized carbons (Fsp3) is 0.250. The van der Waals surface area contributed by atoms with Crippen LogP contribution in [0.3, 0.4) is 0 Å². The number of hydrogen-bond donors (Lipinski definition) is 1. The molecular formula is C12H11Cl2N3OS. The molecule has 0 saturated carbocycles. The van der Waals surface area contributed by atoms with Crippen LogP contribution in [0.25, 0.3) is 0 Å². The first-order chi connectivity index (χ1) is 9.13. The number of carbonyl (C=O) groups excluding carboxylic acids is 1. The van der Waals surface area contributed by atoms with Gasteiger partial charge in [0.2, 0.25) is 11.2 Å². The number of amides is 1. The average molecular weight is 316 g/mol. The highest BCUT2D eigenvalue weighted by Crippen LogP contribution is 2.15. The van der Waals surface area contributed by atoms with Gasteiger partial charge < -0.3 is 5.32 Å². The molecule has 0 radical (unpaired) electrons. The van der Waals surface area contributed by atoms with E-state index in [1.807, 2.05) is 11.4 Å². The maximum absolute atomic E-state index is 11.7. The molecule has 0 aliphatic carbocycles. The van der Waals surface area contributed by atoms with Crippen molar-refractivity contribution >= 4 is 46.3 Å². The van der Waals surface area contributed by atoms with Crippen molar-refractivity contribution in [2.45, 2.75) is 19.3 Å². The van der Waals surface area contributed by atoms with E-state index in [9.17, 15) is 4.79 Å². The first-order valence-electron chi connectivity index (χ1n) is 5.66. The second-order valence-electron chi connectivity index (χ2n) is 3.83. The molecule has 2 aromatic heterocycles. The number of anilines is 1. The number of nitrogens with one attached hydrogen (secondary N) is 1. The fourth-order valence-corrected chi connectivity index (χ4v) is 2.70. The van der Waals surface area contributed by atoms with Crippen LogP contribution in [0.5, 0.6) is 0 Å². The van der Waals surface area contributed by atoms with Crippen LogP contribution in [0.2, 0.25) is 10.4 Å². The van der Waals surface area contributed by atoms with Gasteiger partial charge in [0, 0.05) is 17.4 Å². The van der Waals surface area contributed by atoms with Gasteiger partial charge in [0.1, 0.15) is 11.0 Å². The number of rotatable bonds is 5. The van der Waals surface area contributed by atoms with Crippen molar-refractivity contribution in [1.29, 1.82) is 0 Å². The van der Waals surface area contributed by atoms with Gasteiger partial charge in [-0.2, -0.15) is 0 Å². The van der Waals surface area contributed by atoms with Crippen LogP contribution >= 0.6 is 34.5 Å². The van der Waals surface area contributed by atoms with Gasteiger partial charge >= 0.3 is 0 Å². The summed E-state index contributed by atoms with van der Waals surface area (Å²) in [4.78, 5) is 20.6. The topological polar surface area (TPSA) is 54.9 Å². The largest absolute Gasteiger partial charge is 0.311 e. The van der Waals surface area contributed by atoms with Crippen LogP contribution in [0.4, 0.5) is 5.82 Å². The van der Waals surface area contributed by atoms with Crippen LogP contribution in [0.1, 0.15) is 17.7 Å². The molecule has 0 aliphatic heterocycles. The predicted molar refractivity (Wildman–Crippen MR) is 77.9 cm³/mol. The van der Waals surface area contributed by atoms with E-state index in [-0.39, 0.29) is 16.3 Å². The molecule has 0 aromatic carbocycles. The highest BCUT2D eigenvalue weighted by Gasteiger charge is 2.06. The Bertz CT molecular complexity index is 540. The molecule has 19 heavy (non-hydrogen) atoms. The van der Waals surface area contributed by atoms with E-state index in [0.717, 1.165) is 12.8 Å². The monoisotopic (exact) mass is 315 g/mol. The summed E-state index contributed by atoms with van der Waals surface area (Å²) >= 11 is 13.1. The van der Waals surface area contributed by atoms with E-state index in [0.29, 0.717) is 12.2 Å². The third kappa shape index (κ3) is 4.78. The van der Waals surface area contributed by atoms with Crippen molar-refractivity contribution in [3.63, 3.8) is 0 Å². The molecule has 0 spiro atoms. The summed E-state index contributed by atoms with van der Waals surface area (Å²) < 4.78 is 0. The van der Waals surface area contributed by atoms with Crippen molar-refractivity contribution in [1.82, 2.24) is 9.97 Å². The summed E-state index contributed by atoms with van der Waals surface area (Å²) in [5, 5.41) is 4.89. The highest BCUT2D eigenvalue weighted by atomic mass is 35.5. The molecule has 1 amide bonds. The minimum absolute atomic E-state index is 0.0152. The van der Waals surface area contributed by atoms with Crippen molar-refractivity contribution in [2.75, 3.05) is 5.32 Å². The molecule has 2 aromatic rings. The Morgan fingerprint density at radius 2 is 2.21 bits per heavy atom. The third-order valence-corrected chi connectivity index (χ3v) is 3.64. The summed E-state index contributed by atoms with van der Waals surface area (Å²) in [7, 11) is 0. The molecule has 4 nitrogen and oxygen atoms in total. The molecule has 2 heterocycles. The molecule has 2 rings (SSSR count). The molecule has 0 unspecified atom stereocenters. The quantitative estimate of drug-likeness (QED) is 0.674. The maximum Gasteiger partial charge on any atom is 0.225 e. The van der Waals surface area contributed by atoms with Crippen LogP contribution in [0.15, 0.2) is 23.6 Å². The molecule has 100 valence electrons. The lowest BCUT2D eigenvalue weighted by Crippen LogP contribution is -2.12. The van der Waals surface area contributed by atoms with Gasteiger partial charge in [0.15, 0.2) is 0 Å². The maximum atomic E-state index is 11.7. The second kappa shape index (κ2) is 6.84. The highest BCUT2D eigenvalue weighted by molar-refractivity contribution is 7.09. The Kier molecular flexibility index (Phi) is 5.13. The molecule has 0 saturated heterocycles. The number of halogens is 2. The van der Waals surface area contributed by atoms with Crippen molar-refractivity contribution in [3.05, 3.63) is 38.9 Å². The van der Waals surface area contributed by atoms with E-state index < -0.39 is 0 Å². The number of hydrogen-bond acceptors (Lipinski definition) is 4. The number of thiophene rings is 1. The van der Waals surface area contributed by atoms with E-state index in [1.54, 1.807) is 11.3 Å². The van der Waals surface area contributed by atoms with Gasteiger partial charge in [-0.3, -0.25) is 4.79 Å². The lowest BCUT2D eigenvalue weighted by Gasteiger charge is -2.04. The summed E-state index contributed by atoms with van der Waals surface area (Å²) in [6.07, 6.45) is 2.12. The Morgan fingerprint density at radius 1 is 1.37 bits per heavy atom. The van der Waals surface area contributed by atoms with Crippen molar-refractivity contribution < 1.29 is 4.79 Å². The Labute approximate surface area is 124 Å². The van der Waals surface area contributed by atoms with Gasteiger partial charge in [-0.1, -0.05) is 17.7 Å². The van der Waals surface area contributed by atoms with Crippen molar-refractivity contribution in [2.24, 2.45) is 0 Å². The van der Waals surface area contributed by atoms with Crippen LogP contribution in [-0.4, -0.2) is 15.9 Å². The second-order valence-corrected chi connectivity index (χ2v) is 5.58. The molecule has 0 bridgehead atoms. The first-order valence-corrected chi connectivity index (χ1v) is 7.29. The van der Waals surface area contributed by atoms with E-state index in [4.69, 9.17) is 23.2 Å². The Hall–Kier alpha value is -1.17. The van der Waals surface area contributed by atoms with E-state index in [2.05, 4.69) is 21.4 Å². The SMILES string of the molecule is O=C(CCCc1cccs1)Nc1cc(Cl)nc(Cl)n1. The third-order valence-electron chi connectivity index (χ3n) is 2.34. The van der Waals surface area contributed by atoms with Crippen LogP contribution in [-0.2, 0) is 11.2 Å². The van der Waals surface area contributed by atoms with Gasteiger partial charge in [-0.05, 0) is 35.9 Å². The van der Waals surface area contributed by atoms with Gasteiger partial charge in [-0.25, -0.2) is 9.97 Å². The predicted octanol–water partition coefficient (Wildman–Crippen LogP) is 3.81. The molecule has 0 fully saturated rings. The molecule has 7 heteroatoms. The Morgan fingerprint density at radius 3 is 2.89 bits per heavy atom. The van der Waals surface area contributed by atoms with Crippen molar-refractivity contribution in [3.8, 4) is 0 Å². The summed E-state index contributed by atoms with van der Waals surface area (Å²) in [6, 6.07) is 5.53. The molecule has 1 N–H and O–H groups in total. The minimum Gasteiger partial charge on any atom is -0.311 e. The zero-order chi connectivity index (χ0) is 13.7. The van der Waals surface area contributed by atoms with Crippen LogP contribution < -0.4 is 5.32 Å². The van der Waals surface area contributed by atoms with Gasteiger partial charge in [0.25, 0.3) is 0 Å². The van der Waals surface area contributed by atoms with Gasteiger partial charge in [0.05, 0.1) is 0 Å². The summed E-state index contributed by atoms with van der Waals surface area (Å²) in [6.45, 7) is 0. The average Bonchev–Trinajstić information content (AvgIpc) is 2.80. The molecule has 0 atom stereocenters. The lowest BCUT2D eigenvalue weighted by atomic mass is 10.2. The van der Waals surface area contributed by atoms with E-state index >= 15 is 0 Å². The zero-order valence-corrected chi connectivity index (χ0v) is 12.2. The first kappa shape index (κ1) is 14.2. The Balaban J connectivity index is 1.80. The normalized spacial score (nSPS) is 10.4. The summed E-state index contributed by atoms with van der Waals surface area (Å²) in [5.41, 5.74) is 0. The molecule has 0 aliphatic rings. The summed E-state index contributed by atoms with van der Waals surface area (Å²) in [5.74, 6) is 0.216. The fourth-order valence-electron chi connectivity index (χ4n) is 1.54. The lowest BCUT2D eigenvalue weighted by molar-refractivity contribution is -0.116. The number of nitrogens with zero attached hydrogens (tertiary/aromatic N) is 2. The number of carbonyl (C=O) groups is 1. The minimum atomic E-state index is -0.109. The van der Waals surface area contributed by atoms with Gasteiger partial charge in [-0.15, -0.1) is 11.3 Å². The van der Waals surface area contributed by atoms with Crippen LogP contribution in [0, 0.1) is 0 Å².